The van der Waals surface area contributed by atoms with Crippen LogP contribution in [-0.2, 0) is 9.13 Å². The third-order valence-electron chi connectivity index (χ3n) is 0. The molecule has 0 aromatic heterocycles. The number of hydrogen-bond donors (Lipinski definition) is 0. The molecule has 16 heavy (non-hydrogen) atoms. The Labute approximate surface area is 191 Å². The van der Waals surface area contributed by atoms with E-state index in [2.05, 4.69) is 0 Å². The van der Waals surface area contributed by atoms with Crippen LogP contribution in [-0.4, -0.2) is 16.4 Å². The van der Waals surface area contributed by atoms with Gasteiger partial charge >= 0.3 is 0 Å². The molecule has 0 aliphatic carbocycles. The average Bonchev–Trinajstić information content (AvgIpc) is 1.12. The fraction of sp³-hybridized carbons (Fsp3) is 0. The van der Waals surface area contributed by atoms with Gasteiger partial charge in [0.1, 0.15) is 0 Å². The van der Waals surface area contributed by atoms with Crippen LogP contribution in [0.5, 0.6) is 0 Å². The van der Waals surface area contributed by atoms with Crippen LogP contribution in [0.1, 0.15) is 0 Å². The van der Waals surface area contributed by atoms with Crippen LogP contribution in [0.2, 0.25) is 0 Å². The summed E-state index contributed by atoms with van der Waals surface area (Å²) in [7, 11) is -10.8. The molecule has 11 nitrogen and oxygen atoms in total. The Morgan fingerprint density at radius 3 is 0.500 bits per heavy atom. The average molecular weight is 664 g/mol. The van der Waals surface area contributed by atoms with Gasteiger partial charge in [0, 0.05) is 125 Å². The molecule has 0 spiro atoms. The Morgan fingerprint density at radius 1 is 0.500 bits per heavy atom. The van der Waals surface area contributed by atoms with Gasteiger partial charge in [0.05, 0.1) is 0 Å². The molecule has 6 N–H and O–H groups in total. The first-order chi connectivity index (χ1) is 4.00. The Balaban J connectivity index is -0.00000000970. The van der Waals surface area contributed by atoms with Crippen LogP contribution in [0.25, 0.3) is 0 Å². The summed E-state index contributed by atoms with van der Waals surface area (Å²) in [5.74, 6) is 0. The zero-order valence-corrected chi connectivity index (χ0v) is 18.4. The van der Waals surface area contributed by atoms with Crippen LogP contribution in [0.4, 0.5) is 0 Å². The van der Waals surface area contributed by atoms with Crippen LogP contribution in [0.3, 0.4) is 0 Å². The normalized spacial score (nSPS) is 7.38. The van der Waals surface area contributed by atoms with Crippen molar-refractivity contribution in [1.29, 1.82) is 0 Å². The van der Waals surface area contributed by atoms with Crippen LogP contribution in [0, 0.1) is 125 Å². The largest absolute Gasteiger partial charge is 0.822 e. The summed E-state index contributed by atoms with van der Waals surface area (Å²) in [5, 5.41) is 0. The topological polar surface area (TPSA) is 267 Å². The Hall–Kier alpha value is 4.23. The molecule has 0 fully saturated rings. The predicted molar refractivity (Wildman–Crippen MR) is 26.1 cm³/mol. The quantitative estimate of drug-likeness (QED) is 0.224. The van der Waals surface area contributed by atoms with Gasteiger partial charge < -0.3 is 54.9 Å². The second-order valence-electron chi connectivity index (χ2n) is 0.894. The van der Waals surface area contributed by atoms with Gasteiger partial charge in [-0.1, -0.05) is 0 Å². The van der Waals surface area contributed by atoms with Gasteiger partial charge in [-0.3, -0.25) is 0 Å². The molecule has 0 bridgehead atoms. The van der Waals surface area contributed by atoms with Crippen molar-refractivity contribution in [3.05, 3.63) is 0 Å². The van der Waals surface area contributed by atoms with Crippen LogP contribution < -0.4 is 29.4 Å². The summed E-state index contributed by atoms with van der Waals surface area (Å²) in [6, 6.07) is 0. The summed E-state index contributed by atoms with van der Waals surface area (Å²) in [4.78, 5) is 51.3. The Bertz CT molecular complexity index is 132. The van der Waals surface area contributed by atoms with E-state index in [4.69, 9.17) is 38.5 Å². The number of phosphoric acid groups is 2. The van der Waals surface area contributed by atoms with Crippen LogP contribution >= 0.6 is 15.6 Å². The molecule has 0 rings (SSSR count). The van der Waals surface area contributed by atoms with Crippen molar-refractivity contribution < 1.29 is 180 Å². The molecule has 0 saturated heterocycles. The maximum atomic E-state index is 8.55. The molecule has 0 aliphatic rings. The minimum atomic E-state index is -5.39. The van der Waals surface area contributed by atoms with Crippen LogP contribution in [0.15, 0.2) is 0 Å². The molecule has 16 heteroatoms. The molecular formula is H6Ce3O11P2-6. The number of rotatable bonds is 0. The van der Waals surface area contributed by atoms with E-state index in [9.17, 15) is 0 Å². The third kappa shape index (κ3) is 302. The van der Waals surface area contributed by atoms with Gasteiger partial charge in [0.25, 0.3) is 0 Å². The van der Waals surface area contributed by atoms with Gasteiger partial charge in [-0.05, 0) is 0 Å². The summed E-state index contributed by atoms with van der Waals surface area (Å²) in [5.41, 5.74) is 0. The van der Waals surface area contributed by atoms with Crippen molar-refractivity contribution in [3.63, 3.8) is 0 Å². The first-order valence-electron chi connectivity index (χ1n) is 1.46. The van der Waals surface area contributed by atoms with E-state index in [1.165, 1.54) is 0 Å². The van der Waals surface area contributed by atoms with E-state index in [1.807, 2.05) is 0 Å². The van der Waals surface area contributed by atoms with E-state index in [0.29, 0.717) is 0 Å². The molecule has 0 unspecified atom stereocenters. The third-order valence-corrected chi connectivity index (χ3v) is 0. The van der Waals surface area contributed by atoms with Gasteiger partial charge in [0.15, 0.2) is 0 Å². The van der Waals surface area contributed by atoms with Crippen molar-refractivity contribution >= 4 is 15.6 Å². The zero-order chi connectivity index (χ0) is 9.00. The zero-order valence-electron chi connectivity index (χ0n) is 7.16. The van der Waals surface area contributed by atoms with Crippen molar-refractivity contribution in [2.75, 3.05) is 0 Å². The van der Waals surface area contributed by atoms with Crippen molar-refractivity contribution in [3.8, 4) is 0 Å². The van der Waals surface area contributed by atoms with Gasteiger partial charge in [-0.2, -0.15) is 15.6 Å². The van der Waals surface area contributed by atoms with Gasteiger partial charge in [0.2, 0.25) is 0 Å². The summed E-state index contributed by atoms with van der Waals surface area (Å²) < 4.78 is 17.1. The summed E-state index contributed by atoms with van der Waals surface area (Å²) in [6.07, 6.45) is 0. The molecule has 0 saturated carbocycles. The maximum absolute atomic E-state index is 8.55. The minimum absolute atomic E-state index is 0. The van der Waals surface area contributed by atoms with E-state index < -0.39 is 15.6 Å². The summed E-state index contributed by atoms with van der Waals surface area (Å²) in [6.45, 7) is 0. The molecule has 0 aliphatic heterocycles. The fourth-order valence-corrected chi connectivity index (χ4v) is 0. The van der Waals surface area contributed by atoms with Crippen molar-refractivity contribution in [2.45, 2.75) is 0 Å². The van der Waals surface area contributed by atoms with E-state index in [1.54, 1.807) is 0 Å². The fourth-order valence-electron chi connectivity index (χ4n) is 0. The second kappa shape index (κ2) is 24.3. The van der Waals surface area contributed by atoms with Gasteiger partial charge in [-0.15, -0.1) is 0 Å². The van der Waals surface area contributed by atoms with E-state index in [-0.39, 0.29) is 142 Å². The van der Waals surface area contributed by atoms with Gasteiger partial charge in [-0.25, -0.2) is 0 Å². The molecule has 0 aromatic rings. The first kappa shape index (κ1) is 50.0. The predicted octanol–water partition coefficient (Wildman–Crippen LogP) is -8.12. The Morgan fingerprint density at radius 2 is 0.500 bits per heavy atom. The minimum Gasteiger partial charge on any atom is -0.822 e. The molecule has 100 valence electrons. The maximum Gasteiger partial charge on any atom is 0 e. The first-order valence-corrected chi connectivity index (χ1v) is 4.38. The Kier molecular flexibility index (Phi) is 75.8. The van der Waals surface area contributed by atoms with Crippen molar-refractivity contribution in [1.82, 2.24) is 0 Å². The number of hydrogen-bond acceptors (Lipinski definition) is 8. The molecule has 0 heterocycles. The van der Waals surface area contributed by atoms with E-state index >= 15 is 0 Å². The smallest absolute Gasteiger partial charge is 0 e. The monoisotopic (exact) mass is 664 g/mol. The van der Waals surface area contributed by atoms with Crippen molar-refractivity contribution in [2.24, 2.45) is 0 Å². The summed E-state index contributed by atoms with van der Waals surface area (Å²) >= 11 is 0. The standard InChI is InChI=1S/3Ce.2H3O4P.3H2O/c;;;2*1-5(2,3)4;;;/h;;;2*(H3,1,2,3,4);3*1H2/p-6. The molecule has 0 atom stereocenters. The van der Waals surface area contributed by atoms with E-state index in [0.717, 1.165) is 0 Å². The SMILES string of the molecule is O.O.O.O=P([O-])([O-])[O-].O=P([O-])([O-])[O-].[Ce].[Ce].[Ce]. The second-order valence-corrected chi connectivity index (χ2v) is 2.68. The molecular weight excluding hydrogens is 658 g/mol. The molecule has 0 amide bonds. The molecule has 0 aromatic carbocycles. The molecule has 0 radical (unpaired) electrons.